The van der Waals surface area contributed by atoms with Crippen molar-refractivity contribution in [2.75, 3.05) is 7.11 Å². The van der Waals surface area contributed by atoms with Crippen LogP contribution in [0.15, 0.2) is 16.9 Å². The van der Waals surface area contributed by atoms with Gasteiger partial charge in [-0.25, -0.2) is 4.98 Å². The quantitative estimate of drug-likeness (QED) is 0.743. The van der Waals surface area contributed by atoms with Crippen LogP contribution in [0.25, 0.3) is 16.7 Å². The largest absolute Gasteiger partial charge is 0.481 e. The molecule has 0 amide bonds. The van der Waals surface area contributed by atoms with Crippen molar-refractivity contribution in [1.82, 2.24) is 18.9 Å². The fourth-order valence-electron chi connectivity index (χ4n) is 3.08. The summed E-state index contributed by atoms with van der Waals surface area (Å²) in [6, 6.07) is 3.72. The van der Waals surface area contributed by atoms with Gasteiger partial charge in [0.1, 0.15) is 11.3 Å². The minimum absolute atomic E-state index is 0.0215. The Kier molecular flexibility index (Phi) is 3.83. The van der Waals surface area contributed by atoms with Crippen LogP contribution < -0.4 is 10.3 Å². The molecule has 0 unspecified atom stereocenters. The molecule has 0 aliphatic carbocycles. The van der Waals surface area contributed by atoms with Gasteiger partial charge in [0.05, 0.1) is 18.3 Å². The van der Waals surface area contributed by atoms with Crippen LogP contribution in [0.1, 0.15) is 44.8 Å². The summed E-state index contributed by atoms with van der Waals surface area (Å²) >= 11 is 0. The molecule has 0 atom stereocenters. The lowest BCUT2D eigenvalue weighted by atomic mass is 10.3. The Morgan fingerprint density at radius 1 is 1.26 bits per heavy atom. The fraction of sp³-hybridized carbons (Fsp3) is 0.471. The van der Waals surface area contributed by atoms with Gasteiger partial charge in [-0.3, -0.25) is 9.20 Å². The maximum Gasteiger partial charge on any atom is 0.277 e. The normalized spacial score (nSPS) is 11.7. The molecule has 0 saturated carbocycles. The molecule has 0 saturated heterocycles. The number of aromatic nitrogens is 4. The molecule has 6 nitrogen and oxygen atoms in total. The van der Waals surface area contributed by atoms with E-state index in [0.717, 1.165) is 35.5 Å². The molecule has 122 valence electrons. The number of rotatable bonds is 4. The maximum absolute atomic E-state index is 13.0. The van der Waals surface area contributed by atoms with Crippen molar-refractivity contribution in [3.05, 3.63) is 34.0 Å². The van der Waals surface area contributed by atoms with Crippen LogP contribution in [-0.4, -0.2) is 26.0 Å². The molecule has 0 aromatic carbocycles. The van der Waals surface area contributed by atoms with Gasteiger partial charge in [-0.2, -0.15) is 4.98 Å². The fourth-order valence-corrected chi connectivity index (χ4v) is 3.08. The molecule has 3 rings (SSSR count). The Hall–Kier alpha value is -2.37. The summed E-state index contributed by atoms with van der Waals surface area (Å²) in [5.74, 6) is 1.40. The molecule has 0 spiro atoms. The highest BCUT2D eigenvalue weighted by Crippen LogP contribution is 2.22. The smallest absolute Gasteiger partial charge is 0.277 e. The summed E-state index contributed by atoms with van der Waals surface area (Å²) in [6.07, 6.45) is 1.76. The molecule has 3 aromatic heterocycles. The Morgan fingerprint density at radius 3 is 2.61 bits per heavy atom. The third-order valence-electron chi connectivity index (χ3n) is 4.04. The van der Waals surface area contributed by atoms with Crippen LogP contribution in [0.4, 0.5) is 0 Å². The third kappa shape index (κ3) is 2.29. The lowest BCUT2D eigenvalue weighted by Crippen LogP contribution is -2.25. The van der Waals surface area contributed by atoms with E-state index in [4.69, 9.17) is 4.74 Å². The van der Waals surface area contributed by atoms with E-state index in [2.05, 4.69) is 16.9 Å². The Bertz CT molecular complexity index is 937. The number of nitrogens with zero attached hydrogens (tertiary/aromatic N) is 4. The second kappa shape index (κ2) is 5.68. The zero-order valence-electron chi connectivity index (χ0n) is 14.3. The molecule has 0 aliphatic heterocycles. The van der Waals surface area contributed by atoms with Crippen LogP contribution >= 0.6 is 0 Å². The highest BCUT2D eigenvalue weighted by molar-refractivity contribution is 5.77. The topological polar surface area (TPSA) is 61.4 Å². The highest BCUT2D eigenvalue weighted by atomic mass is 16.5. The monoisotopic (exact) mass is 314 g/mol. The van der Waals surface area contributed by atoms with E-state index in [1.807, 2.05) is 31.2 Å². The van der Waals surface area contributed by atoms with E-state index in [1.54, 1.807) is 17.7 Å². The van der Waals surface area contributed by atoms with Gasteiger partial charge in [-0.05, 0) is 33.3 Å². The van der Waals surface area contributed by atoms with Crippen molar-refractivity contribution in [1.29, 1.82) is 0 Å². The number of fused-ring (bicyclic) bond motifs is 3. The summed E-state index contributed by atoms with van der Waals surface area (Å²) in [5, 5.41) is 0. The van der Waals surface area contributed by atoms with E-state index in [1.165, 1.54) is 0 Å². The molecule has 0 bridgehead atoms. The summed E-state index contributed by atoms with van der Waals surface area (Å²) in [4.78, 5) is 22.2. The molecule has 0 aliphatic rings. The predicted molar refractivity (Wildman–Crippen MR) is 90.4 cm³/mol. The van der Waals surface area contributed by atoms with Gasteiger partial charge in [-0.15, -0.1) is 0 Å². The molecule has 23 heavy (non-hydrogen) atoms. The Balaban J connectivity index is 2.58. The van der Waals surface area contributed by atoms with E-state index in [-0.39, 0.29) is 11.6 Å². The summed E-state index contributed by atoms with van der Waals surface area (Å²) in [7, 11) is 1.59. The summed E-state index contributed by atoms with van der Waals surface area (Å²) in [5.41, 5.74) is 2.85. The van der Waals surface area contributed by atoms with Crippen molar-refractivity contribution < 1.29 is 4.74 Å². The average molecular weight is 314 g/mol. The van der Waals surface area contributed by atoms with Crippen LogP contribution in [0.3, 0.4) is 0 Å². The number of pyridine rings is 1. The molecule has 0 N–H and O–H groups in total. The zero-order chi connectivity index (χ0) is 16.7. The van der Waals surface area contributed by atoms with Gasteiger partial charge >= 0.3 is 0 Å². The Morgan fingerprint density at radius 2 is 2.00 bits per heavy atom. The van der Waals surface area contributed by atoms with Crippen molar-refractivity contribution in [2.24, 2.45) is 0 Å². The SMILES string of the molecule is CCCc1nc(C)c2c(=O)n(C(C)C)c3ccc(OC)nc3n12. The van der Waals surface area contributed by atoms with E-state index < -0.39 is 0 Å². The lowest BCUT2D eigenvalue weighted by molar-refractivity contribution is 0.399. The first-order valence-corrected chi connectivity index (χ1v) is 7.96. The van der Waals surface area contributed by atoms with Gasteiger partial charge < -0.3 is 9.30 Å². The van der Waals surface area contributed by atoms with E-state index in [0.29, 0.717) is 11.4 Å². The van der Waals surface area contributed by atoms with Crippen LogP contribution in [-0.2, 0) is 6.42 Å². The van der Waals surface area contributed by atoms with Crippen molar-refractivity contribution in [2.45, 2.75) is 46.6 Å². The number of ether oxygens (including phenoxy) is 1. The minimum atomic E-state index is -0.0215. The molecular formula is C17H22N4O2. The number of hydrogen-bond acceptors (Lipinski definition) is 4. The predicted octanol–water partition coefficient (Wildman–Crippen LogP) is 2.89. The molecule has 3 aromatic rings. The first kappa shape index (κ1) is 15.5. The van der Waals surface area contributed by atoms with Crippen LogP contribution in [0.2, 0.25) is 0 Å². The number of imidazole rings is 1. The second-order valence-electron chi connectivity index (χ2n) is 6.01. The minimum Gasteiger partial charge on any atom is -0.481 e. The van der Waals surface area contributed by atoms with E-state index in [9.17, 15) is 4.79 Å². The van der Waals surface area contributed by atoms with Gasteiger partial charge in [0.2, 0.25) is 5.88 Å². The van der Waals surface area contributed by atoms with Crippen molar-refractivity contribution in [3.63, 3.8) is 0 Å². The first-order valence-electron chi connectivity index (χ1n) is 7.96. The van der Waals surface area contributed by atoms with Crippen molar-refractivity contribution in [3.8, 4) is 5.88 Å². The van der Waals surface area contributed by atoms with Crippen LogP contribution in [0.5, 0.6) is 5.88 Å². The molecule has 3 heterocycles. The molecule has 0 radical (unpaired) electrons. The van der Waals surface area contributed by atoms with Gasteiger partial charge in [0, 0.05) is 18.5 Å². The third-order valence-corrected chi connectivity index (χ3v) is 4.04. The maximum atomic E-state index is 13.0. The average Bonchev–Trinajstić information content (AvgIpc) is 2.84. The van der Waals surface area contributed by atoms with Gasteiger partial charge in [0.15, 0.2) is 5.65 Å². The number of hydrogen-bond donors (Lipinski definition) is 0. The van der Waals surface area contributed by atoms with Crippen molar-refractivity contribution >= 4 is 16.7 Å². The van der Waals surface area contributed by atoms with Gasteiger partial charge in [0.25, 0.3) is 5.56 Å². The van der Waals surface area contributed by atoms with Gasteiger partial charge in [-0.1, -0.05) is 6.92 Å². The van der Waals surface area contributed by atoms with Crippen LogP contribution in [0, 0.1) is 6.92 Å². The Labute approximate surface area is 134 Å². The zero-order valence-corrected chi connectivity index (χ0v) is 14.3. The standard InChI is InChI=1S/C17H22N4O2/c1-6-7-13-18-11(4)15-17(22)20(10(2)3)12-8-9-14(23-5)19-16(12)21(13)15/h8-10H,6-7H2,1-5H3. The summed E-state index contributed by atoms with van der Waals surface area (Å²) < 4.78 is 8.96. The first-order chi connectivity index (χ1) is 11.0. The highest BCUT2D eigenvalue weighted by Gasteiger charge is 2.20. The molecule has 0 fully saturated rings. The lowest BCUT2D eigenvalue weighted by Gasteiger charge is -2.16. The number of aryl methyl sites for hydroxylation is 2. The second-order valence-corrected chi connectivity index (χ2v) is 6.01. The molecule has 6 heteroatoms. The summed E-state index contributed by atoms with van der Waals surface area (Å²) in [6.45, 7) is 7.98. The number of methoxy groups -OCH3 is 1. The van der Waals surface area contributed by atoms with E-state index >= 15 is 0 Å². The molecular weight excluding hydrogens is 292 g/mol.